The van der Waals surface area contributed by atoms with E-state index in [1.807, 2.05) is 0 Å². The quantitative estimate of drug-likeness (QED) is 0.747. The molecule has 2 aliphatic rings. The molecule has 1 heterocycles. The van der Waals surface area contributed by atoms with Gasteiger partial charge in [0.05, 0.1) is 17.1 Å². The van der Waals surface area contributed by atoms with E-state index < -0.39 is 10.8 Å². The van der Waals surface area contributed by atoms with Gasteiger partial charge in [-0.1, -0.05) is 26.7 Å². The predicted molar refractivity (Wildman–Crippen MR) is 90.1 cm³/mol. The fraction of sp³-hybridized carbons (Fsp3) is 1.00. The normalized spacial score (nSPS) is 35.0. The lowest BCUT2D eigenvalue weighted by molar-refractivity contribution is 0.128. The second kappa shape index (κ2) is 9.26. The van der Waals surface area contributed by atoms with Crippen LogP contribution in [0.3, 0.4) is 0 Å². The molecule has 0 bridgehead atoms. The van der Waals surface area contributed by atoms with Crippen LogP contribution in [0.2, 0.25) is 0 Å². The summed E-state index contributed by atoms with van der Waals surface area (Å²) in [6, 6.07) is 0.459. The number of rotatable bonds is 8. The molecule has 0 amide bonds. The summed E-state index contributed by atoms with van der Waals surface area (Å²) < 4.78 is 18.6. The Bertz CT molecular complexity index is 318. The van der Waals surface area contributed by atoms with Crippen molar-refractivity contribution in [2.45, 2.75) is 82.6 Å². The standard InChI is InChI=1S/C17H33NO2S/c1-3-6-14-8-9-16(18-10-4-2)17(12-14)21(19)13-15-7-5-11-20-15/h14-18H,3-13H2,1-2H3. The summed E-state index contributed by atoms with van der Waals surface area (Å²) >= 11 is 0. The molecule has 124 valence electrons. The molecule has 1 N–H and O–H groups in total. The Hall–Kier alpha value is 0.0700. The molecular formula is C17H33NO2S. The molecular weight excluding hydrogens is 282 g/mol. The van der Waals surface area contributed by atoms with Crippen molar-refractivity contribution in [3.8, 4) is 0 Å². The van der Waals surface area contributed by atoms with E-state index in [0.29, 0.717) is 11.3 Å². The van der Waals surface area contributed by atoms with Crippen LogP contribution in [-0.2, 0) is 15.5 Å². The summed E-state index contributed by atoms with van der Waals surface area (Å²) in [5, 5.41) is 3.99. The Balaban J connectivity index is 1.91. The van der Waals surface area contributed by atoms with Gasteiger partial charge in [0.25, 0.3) is 0 Å². The van der Waals surface area contributed by atoms with Crippen molar-refractivity contribution < 1.29 is 8.95 Å². The van der Waals surface area contributed by atoms with Gasteiger partial charge in [-0.15, -0.1) is 0 Å². The Morgan fingerprint density at radius 2 is 2.05 bits per heavy atom. The first kappa shape index (κ1) is 17.4. The van der Waals surface area contributed by atoms with Gasteiger partial charge in [-0.05, 0) is 51.0 Å². The first-order valence-electron chi connectivity index (χ1n) is 8.96. The lowest BCUT2D eigenvalue weighted by atomic mass is 9.83. The van der Waals surface area contributed by atoms with E-state index in [4.69, 9.17) is 4.74 Å². The van der Waals surface area contributed by atoms with Crippen LogP contribution < -0.4 is 5.32 Å². The first-order chi connectivity index (χ1) is 10.2. The van der Waals surface area contributed by atoms with Crippen LogP contribution in [0.5, 0.6) is 0 Å². The minimum atomic E-state index is -0.742. The van der Waals surface area contributed by atoms with Gasteiger partial charge in [-0.25, -0.2) is 0 Å². The highest BCUT2D eigenvalue weighted by molar-refractivity contribution is 7.85. The fourth-order valence-electron chi connectivity index (χ4n) is 3.82. The molecule has 5 unspecified atom stereocenters. The van der Waals surface area contributed by atoms with E-state index in [2.05, 4.69) is 19.2 Å². The summed E-state index contributed by atoms with van der Waals surface area (Å²) in [6.07, 6.45) is 9.86. The molecule has 2 fully saturated rings. The second-order valence-electron chi connectivity index (χ2n) is 6.75. The summed E-state index contributed by atoms with van der Waals surface area (Å²) in [5.74, 6) is 1.54. The maximum atomic E-state index is 12.9. The van der Waals surface area contributed by atoms with E-state index in [9.17, 15) is 4.21 Å². The molecule has 0 aromatic heterocycles. The van der Waals surface area contributed by atoms with Gasteiger partial charge < -0.3 is 10.1 Å². The molecule has 2 rings (SSSR count). The maximum absolute atomic E-state index is 12.9. The van der Waals surface area contributed by atoms with Crippen molar-refractivity contribution >= 4 is 10.8 Å². The van der Waals surface area contributed by atoms with Gasteiger partial charge in [0, 0.05) is 23.4 Å². The Kier molecular flexibility index (Phi) is 7.69. The van der Waals surface area contributed by atoms with Gasteiger partial charge in [0.15, 0.2) is 0 Å². The third-order valence-corrected chi connectivity index (χ3v) is 6.86. The molecule has 1 saturated carbocycles. The van der Waals surface area contributed by atoms with E-state index >= 15 is 0 Å². The van der Waals surface area contributed by atoms with Crippen LogP contribution in [0.1, 0.15) is 65.2 Å². The van der Waals surface area contributed by atoms with Gasteiger partial charge in [0.2, 0.25) is 0 Å². The smallest absolute Gasteiger partial charge is 0.0691 e. The molecule has 0 radical (unpaired) electrons. The minimum absolute atomic E-state index is 0.254. The molecule has 21 heavy (non-hydrogen) atoms. The Morgan fingerprint density at radius 3 is 2.71 bits per heavy atom. The maximum Gasteiger partial charge on any atom is 0.0691 e. The van der Waals surface area contributed by atoms with Gasteiger partial charge >= 0.3 is 0 Å². The number of ether oxygens (including phenoxy) is 1. The summed E-state index contributed by atoms with van der Waals surface area (Å²) in [5.41, 5.74) is 0. The van der Waals surface area contributed by atoms with E-state index in [1.54, 1.807) is 0 Å². The molecule has 1 aliphatic heterocycles. The monoisotopic (exact) mass is 315 g/mol. The number of hydrogen-bond donors (Lipinski definition) is 1. The molecule has 5 atom stereocenters. The lowest BCUT2D eigenvalue weighted by Gasteiger charge is -2.36. The minimum Gasteiger partial charge on any atom is -0.377 e. The molecule has 1 aliphatic carbocycles. The van der Waals surface area contributed by atoms with Crippen LogP contribution in [0.25, 0.3) is 0 Å². The molecule has 4 heteroatoms. The number of hydrogen-bond acceptors (Lipinski definition) is 3. The zero-order chi connectivity index (χ0) is 15.1. The summed E-state index contributed by atoms with van der Waals surface area (Å²) in [6.45, 7) is 6.38. The zero-order valence-corrected chi connectivity index (χ0v) is 14.6. The summed E-state index contributed by atoms with van der Waals surface area (Å²) in [7, 11) is -0.742. The SMILES string of the molecule is CCCNC1CCC(CCC)CC1S(=O)CC1CCCO1. The third-order valence-electron chi connectivity index (χ3n) is 4.97. The lowest BCUT2D eigenvalue weighted by Crippen LogP contribution is -2.47. The van der Waals surface area contributed by atoms with Gasteiger partial charge in [-0.2, -0.15) is 0 Å². The van der Waals surface area contributed by atoms with Crippen molar-refractivity contribution in [1.82, 2.24) is 5.32 Å². The zero-order valence-electron chi connectivity index (χ0n) is 13.8. The largest absolute Gasteiger partial charge is 0.377 e. The van der Waals surface area contributed by atoms with E-state index in [-0.39, 0.29) is 6.10 Å². The van der Waals surface area contributed by atoms with Crippen molar-refractivity contribution in [3.63, 3.8) is 0 Å². The van der Waals surface area contributed by atoms with Crippen LogP contribution >= 0.6 is 0 Å². The second-order valence-corrected chi connectivity index (χ2v) is 8.45. The van der Waals surface area contributed by atoms with Crippen molar-refractivity contribution in [2.24, 2.45) is 5.92 Å². The van der Waals surface area contributed by atoms with E-state index in [0.717, 1.165) is 50.5 Å². The van der Waals surface area contributed by atoms with Crippen molar-refractivity contribution in [3.05, 3.63) is 0 Å². The van der Waals surface area contributed by atoms with Gasteiger partial charge in [-0.3, -0.25) is 4.21 Å². The van der Waals surface area contributed by atoms with Crippen LogP contribution in [0.4, 0.5) is 0 Å². The average molecular weight is 316 g/mol. The molecule has 0 aromatic rings. The van der Waals surface area contributed by atoms with Crippen molar-refractivity contribution in [2.75, 3.05) is 18.9 Å². The Labute approximate surface area is 133 Å². The third kappa shape index (κ3) is 5.33. The first-order valence-corrected chi connectivity index (χ1v) is 10.3. The fourth-order valence-corrected chi connectivity index (χ4v) is 5.78. The average Bonchev–Trinajstić information content (AvgIpc) is 2.99. The predicted octanol–water partition coefficient (Wildman–Crippen LogP) is 3.25. The molecule has 3 nitrogen and oxygen atoms in total. The van der Waals surface area contributed by atoms with Crippen molar-refractivity contribution in [1.29, 1.82) is 0 Å². The van der Waals surface area contributed by atoms with Crippen LogP contribution in [0.15, 0.2) is 0 Å². The van der Waals surface area contributed by atoms with E-state index in [1.165, 1.54) is 25.7 Å². The highest BCUT2D eigenvalue weighted by Gasteiger charge is 2.35. The van der Waals surface area contributed by atoms with Crippen LogP contribution in [0, 0.1) is 5.92 Å². The number of nitrogens with one attached hydrogen (secondary N) is 1. The summed E-state index contributed by atoms with van der Waals surface area (Å²) in [4.78, 5) is 0. The van der Waals surface area contributed by atoms with Crippen LogP contribution in [-0.4, -0.2) is 40.5 Å². The molecule has 1 saturated heterocycles. The highest BCUT2D eigenvalue weighted by Crippen LogP contribution is 2.32. The van der Waals surface area contributed by atoms with Gasteiger partial charge in [0.1, 0.15) is 0 Å². The topological polar surface area (TPSA) is 38.3 Å². The highest BCUT2D eigenvalue weighted by atomic mass is 32.2. The molecule has 0 aromatic carbocycles. The molecule has 0 spiro atoms. The Morgan fingerprint density at radius 1 is 1.19 bits per heavy atom.